The fourth-order valence-corrected chi connectivity index (χ4v) is 2.04. The number of pyridine rings is 1. The molecule has 0 bridgehead atoms. The van der Waals surface area contributed by atoms with Crippen LogP contribution in [0.3, 0.4) is 0 Å². The van der Waals surface area contributed by atoms with Crippen molar-refractivity contribution in [1.29, 1.82) is 0 Å². The van der Waals surface area contributed by atoms with E-state index in [2.05, 4.69) is 4.98 Å². The number of rotatable bonds is 4. The van der Waals surface area contributed by atoms with Crippen molar-refractivity contribution in [2.75, 3.05) is 7.11 Å². The number of nitrogens with zero attached hydrogens (tertiary/aromatic N) is 1. The summed E-state index contributed by atoms with van der Waals surface area (Å²) in [5.74, 6) is -0.168. The molecule has 0 amide bonds. The summed E-state index contributed by atoms with van der Waals surface area (Å²) in [6, 6.07) is 11.4. The van der Waals surface area contributed by atoms with Crippen LogP contribution in [0.15, 0.2) is 53.3 Å². The minimum Gasteiger partial charge on any atom is -0.486 e. The SMILES string of the molecule is CC.COC(=O)c1ncc2occc2c1OCc1ccccc1. The zero-order valence-electron chi connectivity index (χ0n) is 13.4. The predicted octanol–water partition coefficient (Wildman–Crippen LogP) is 4.22. The molecule has 23 heavy (non-hydrogen) atoms. The van der Waals surface area contributed by atoms with E-state index >= 15 is 0 Å². The van der Waals surface area contributed by atoms with Gasteiger partial charge in [0.2, 0.25) is 0 Å². The van der Waals surface area contributed by atoms with Crippen molar-refractivity contribution in [3.63, 3.8) is 0 Å². The number of furan rings is 1. The Hall–Kier alpha value is -2.82. The number of ether oxygens (including phenoxy) is 2. The lowest BCUT2D eigenvalue weighted by Crippen LogP contribution is -2.08. The molecule has 0 aliphatic rings. The Balaban J connectivity index is 0.000000924. The quantitative estimate of drug-likeness (QED) is 0.675. The summed E-state index contributed by atoms with van der Waals surface area (Å²) in [6.45, 7) is 4.33. The summed E-state index contributed by atoms with van der Waals surface area (Å²) in [5, 5.41) is 0.696. The van der Waals surface area contributed by atoms with Crippen molar-refractivity contribution in [2.45, 2.75) is 20.5 Å². The van der Waals surface area contributed by atoms with Crippen LogP contribution in [0.5, 0.6) is 5.75 Å². The molecule has 120 valence electrons. The zero-order chi connectivity index (χ0) is 16.7. The van der Waals surface area contributed by atoms with Crippen LogP contribution in [0.1, 0.15) is 29.9 Å². The maximum Gasteiger partial charge on any atom is 0.360 e. The topological polar surface area (TPSA) is 61.6 Å². The molecular formula is C18H19NO4. The average Bonchev–Trinajstić information content (AvgIpc) is 3.10. The van der Waals surface area contributed by atoms with E-state index in [1.165, 1.54) is 19.6 Å². The number of hydrogen-bond acceptors (Lipinski definition) is 5. The van der Waals surface area contributed by atoms with Crippen molar-refractivity contribution in [1.82, 2.24) is 4.98 Å². The molecule has 2 heterocycles. The molecule has 2 aromatic heterocycles. The molecule has 3 rings (SSSR count). The van der Waals surface area contributed by atoms with Gasteiger partial charge in [0.1, 0.15) is 6.61 Å². The van der Waals surface area contributed by atoms with Crippen molar-refractivity contribution < 1.29 is 18.7 Å². The van der Waals surface area contributed by atoms with Gasteiger partial charge in [-0.3, -0.25) is 0 Å². The molecular weight excluding hydrogens is 294 g/mol. The van der Waals surface area contributed by atoms with E-state index in [4.69, 9.17) is 13.9 Å². The monoisotopic (exact) mass is 313 g/mol. The van der Waals surface area contributed by atoms with Crippen LogP contribution in [0.25, 0.3) is 11.0 Å². The minimum atomic E-state index is -0.541. The Kier molecular flexibility index (Phi) is 5.74. The summed E-state index contributed by atoms with van der Waals surface area (Å²) < 4.78 is 15.8. The third-order valence-electron chi connectivity index (χ3n) is 3.07. The van der Waals surface area contributed by atoms with Gasteiger partial charge in [-0.1, -0.05) is 44.2 Å². The summed E-state index contributed by atoms with van der Waals surface area (Å²) in [7, 11) is 1.31. The standard InChI is InChI=1S/C16H13NO4.C2H6/c1-19-16(18)14-15(12-7-8-20-13(12)9-17-14)21-10-11-5-3-2-4-6-11;1-2/h2-9H,10H2,1H3;1-2H3. The van der Waals surface area contributed by atoms with Gasteiger partial charge in [0.25, 0.3) is 0 Å². The molecule has 0 spiro atoms. The Morgan fingerprint density at radius 1 is 1.17 bits per heavy atom. The van der Waals surface area contributed by atoms with Gasteiger partial charge in [0.15, 0.2) is 17.0 Å². The molecule has 0 aliphatic carbocycles. The number of methoxy groups -OCH3 is 1. The van der Waals surface area contributed by atoms with Gasteiger partial charge in [-0.05, 0) is 11.6 Å². The first kappa shape index (κ1) is 16.5. The van der Waals surface area contributed by atoms with E-state index in [0.29, 0.717) is 23.3 Å². The number of hydrogen-bond donors (Lipinski definition) is 0. The normalized spacial score (nSPS) is 9.87. The van der Waals surface area contributed by atoms with Gasteiger partial charge in [0, 0.05) is 0 Å². The smallest absolute Gasteiger partial charge is 0.360 e. The molecule has 0 radical (unpaired) electrons. The Labute approximate surface area is 134 Å². The molecule has 5 heteroatoms. The lowest BCUT2D eigenvalue weighted by molar-refractivity contribution is 0.0589. The van der Waals surface area contributed by atoms with E-state index in [0.717, 1.165) is 5.56 Å². The Morgan fingerprint density at radius 3 is 2.61 bits per heavy atom. The van der Waals surface area contributed by atoms with E-state index in [-0.39, 0.29) is 5.69 Å². The van der Waals surface area contributed by atoms with Crippen LogP contribution < -0.4 is 4.74 Å². The Morgan fingerprint density at radius 2 is 1.91 bits per heavy atom. The van der Waals surface area contributed by atoms with Crippen LogP contribution in [0, 0.1) is 0 Å². The first-order chi connectivity index (χ1) is 11.3. The minimum absolute atomic E-state index is 0.141. The second-order valence-electron chi connectivity index (χ2n) is 4.40. The maximum atomic E-state index is 11.8. The molecule has 0 saturated heterocycles. The van der Waals surface area contributed by atoms with Gasteiger partial charge < -0.3 is 13.9 Å². The van der Waals surface area contributed by atoms with Crippen LogP contribution in [0.4, 0.5) is 0 Å². The predicted molar refractivity (Wildman–Crippen MR) is 87.5 cm³/mol. The molecule has 5 nitrogen and oxygen atoms in total. The van der Waals surface area contributed by atoms with Gasteiger partial charge in [-0.25, -0.2) is 9.78 Å². The summed E-state index contributed by atoms with van der Waals surface area (Å²) in [6.07, 6.45) is 3.01. The fraction of sp³-hybridized carbons (Fsp3) is 0.222. The van der Waals surface area contributed by atoms with Crippen molar-refractivity contribution in [3.05, 3.63) is 60.1 Å². The van der Waals surface area contributed by atoms with Crippen molar-refractivity contribution >= 4 is 16.9 Å². The molecule has 1 aromatic carbocycles. The van der Waals surface area contributed by atoms with Crippen molar-refractivity contribution in [3.8, 4) is 5.75 Å². The van der Waals surface area contributed by atoms with Gasteiger partial charge in [-0.2, -0.15) is 0 Å². The molecule has 0 atom stereocenters. The third-order valence-corrected chi connectivity index (χ3v) is 3.07. The average molecular weight is 313 g/mol. The number of esters is 1. The number of aromatic nitrogens is 1. The molecule has 0 fully saturated rings. The van der Waals surface area contributed by atoms with E-state index < -0.39 is 5.97 Å². The lowest BCUT2D eigenvalue weighted by Gasteiger charge is -2.10. The highest BCUT2D eigenvalue weighted by Crippen LogP contribution is 2.30. The van der Waals surface area contributed by atoms with Crippen LogP contribution in [0.2, 0.25) is 0 Å². The highest BCUT2D eigenvalue weighted by Gasteiger charge is 2.19. The number of benzene rings is 1. The van der Waals surface area contributed by atoms with Gasteiger partial charge in [0.05, 0.1) is 25.0 Å². The number of carbonyl (C=O) groups excluding carboxylic acids is 1. The first-order valence-corrected chi connectivity index (χ1v) is 7.41. The Bertz CT molecular complexity index is 765. The molecule has 0 aliphatic heterocycles. The molecule has 0 N–H and O–H groups in total. The van der Waals surface area contributed by atoms with Gasteiger partial charge >= 0.3 is 5.97 Å². The molecule has 0 saturated carbocycles. The van der Waals surface area contributed by atoms with E-state index in [9.17, 15) is 4.79 Å². The molecule has 0 unspecified atom stereocenters. The largest absolute Gasteiger partial charge is 0.486 e. The van der Waals surface area contributed by atoms with Gasteiger partial charge in [-0.15, -0.1) is 0 Å². The van der Waals surface area contributed by atoms with Crippen LogP contribution in [-0.4, -0.2) is 18.1 Å². The van der Waals surface area contributed by atoms with Crippen molar-refractivity contribution in [2.24, 2.45) is 0 Å². The number of fused-ring (bicyclic) bond motifs is 1. The zero-order valence-corrected chi connectivity index (χ0v) is 13.4. The fourth-order valence-electron chi connectivity index (χ4n) is 2.04. The number of carbonyl (C=O) groups is 1. The lowest BCUT2D eigenvalue weighted by atomic mass is 10.2. The van der Waals surface area contributed by atoms with Crippen LogP contribution in [-0.2, 0) is 11.3 Å². The first-order valence-electron chi connectivity index (χ1n) is 7.41. The second-order valence-corrected chi connectivity index (χ2v) is 4.40. The molecule has 3 aromatic rings. The summed E-state index contributed by atoms with van der Waals surface area (Å²) >= 11 is 0. The van der Waals surface area contributed by atoms with E-state index in [1.807, 2.05) is 44.2 Å². The maximum absolute atomic E-state index is 11.8. The van der Waals surface area contributed by atoms with E-state index in [1.54, 1.807) is 6.07 Å². The summed E-state index contributed by atoms with van der Waals surface area (Å²) in [5.41, 5.74) is 1.70. The summed E-state index contributed by atoms with van der Waals surface area (Å²) in [4.78, 5) is 15.9. The van der Waals surface area contributed by atoms with Crippen LogP contribution >= 0.6 is 0 Å². The highest BCUT2D eigenvalue weighted by molar-refractivity contribution is 5.97. The second kappa shape index (κ2) is 7.98. The third kappa shape index (κ3) is 3.69. The highest BCUT2D eigenvalue weighted by atomic mass is 16.5.